The molecular formula is C9H9F3O3. The summed E-state index contributed by atoms with van der Waals surface area (Å²) in [7, 11) is 1.27. The third kappa shape index (κ3) is 2.53. The number of aliphatic hydroxyl groups is 1. The minimum Gasteiger partial charge on any atom is -0.504 e. The Hall–Kier alpha value is -1.43. The zero-order chi connectivity index (χ0) is 11.6. The van der Waals surface area contributed by atoms with Gasteiger partial charge in [-0.15, -0.1) is 0 Å². The Morgan fingerprint density at radius 3 is 2.33 bits per heavy atom. The summed E-state index contributed by atoms with van der Waals surface area (Å²) in [6.45, 7) is 0. The van der Waals surface area contributed by atoms with Crippen LogP contribution in [0.4, 0.5) is 13.2 Å². The number of methoxy groups -OCH3 is 1. The lowest BCUT2D eigenvalue weighted by Gasteiger charge is -2.15. The van der Waals surface area contributed by atoms with E-state index in [1.165, 1.54) is 7.11 Å². The van der Waals surface area contributed by atoms with Crippen molar-refractivity contribution in [2.45, 2.75) is 12.3 Å². The van der Waals surface area contributed by atoms with Crippen molar-refractivity contribution in [1.29, 1.82) is 0 Å². The summed E-state index contributed by atoms with van der Waals surface area (Å²) in [5, 5.41) is 18.1. The molecule has 0 aliphatic heterocycles. The van der Waals surface area contributed by atoms with E-state index in [1.807, 2.05) is 0 Å². The third-order valence-corrected chi connectivity index (χ3v) is 1.83. The van der Waals surface area contributed by atoms with Gasteiger partial charge in [0.05, 0.1) is 7.11 Å². The highest BCUT2D eigenvalue weighted by molar-refractivity contribution is 5.42. The maximum Gasteiger partial charge on any atom is 0.418 e. The Morgan fingerprint density at radius 2 is 1.93 bits per heavy atom. The van der Waals surface area contributed by atoms with E-state index in [0.717, 1.165) is 18.2 Å². The van der Waals surface area contributed by atoms with Crippen LogP contribution in [0.1, 0.15) is 11.7 Å². The van der Waals surface area contributed by atoms with Crippen molar-refractivity contribution in [2.24, 2.45) is 0 Å². The molecule has 2 N–H and O–H groups in total. The quantitative estimate of drug-likeness (QED) is 0.804. The highest BCUT2D eigenvalue weighted by Gasteiger charge is 2.39. The van der Waals surface area contributed by atoms with Gasteiger partial charge in [0.15, 0.2) is 17.6 Å². The Labute approximate surface area is 83.7 Å². The van der Waals surface area contributed by atoms with E-state index >= 15 is 0 Å². The Kier molecular flexibility index (Phi) is 3.09. The summed E-state index contributed by atoms with van der Waals surface area (Å²) in [6, 6.07) is 3.01. The molecule has 0 bridgehead atoms. The van der Waals surface area contributed by atoms with Gasteiger partial charge in [-0.3, -0.25) is 0 Å². The molecule has 0 saturated heterocycles. The molecule has 0 aliphatic rings. The molecule has 0 saturated carbocycles. The number of benzene rings is 1. The number of halogens is 3. The molecule has 15 heavy (non-hydrogen) atoms. The number of phenolic OH excluding ortho intramolecular Hbond substituents is 1. The van der Waals surface area contributed by atoms with Gasteiger partial charge in [0.25, 0.3) is 0 Å². The average molecular weight is 222 g/mol. The van der Waals surface area contributed by atoms with E-state index in [4.69, 9.17) is 5.11 Å². The fourth-order valence-corrected chi connectivity index (χ4v) is 1.07. The normalized spacial score (nSPS) is 13.7. The smallest absolute Gasteiger partial charge is 0.418 e. The highest BCUT2D eigenvalue weighted by Crippen LogP contribution is 2.36. The standard InChI is InChI=1S/C9H9F3O3/c1-15-7-3-2-5(4-6(7)13)8(14)9(10,11)12/h2-4,8,13-14H,1H3. The van der Waals surface area contributed by atoms with Crippen LogP contribution in [0.25, 0.3) is 0 Å². The molecule has 3 nitrogen and oxygen atoms in total. The van der Waals surface area contributed by atoms with E-state index in [2.05, 4.69) is 4.74 Å². The summed E-state index contributed by atoms with van der Waals surface area (Å²) < 4.78 is 40.9. The minimum absolute atomic E-state index is 0.0492. The first-order chi connectivity index (χ1) is 6.86. The van der Waals surface area contributed by atoms with Crippen LogP contribution in [0.15, 0.2) is 18.2 Å². The van der Waals surface area contributed by atoms with Gasteiger partial charge in [0.1, 0.15) is 0 Å². The van der Waals surface area contributed by atoms with Gasteiger partial charge in [0, 0.05) is 0 Å². The summed E-state index contributed by atoms with van der Waals surface area (Å²) in [6.07, 6.45) is -7.35. The van der Waals surface area contributed by atoms with Crippen molar-refractivity contribution in [3.05, 3.63) is 23.8 Å². The molecule has 1 rings (SSSR count). The van der Waals surface area contributed by atoms with E-state index in [0.29, 0.717) is 0 Å². The fraction of sp³-hybridized carbons (Fsp3) is 0.333. The zero-order valence-corrected chi connectivity index (χ0v) is 7.75. The van der Waals surface area contributed by atoms with Crippen molar-refractivity contribution in [3.8, 4) is 11.5 Å². The molecule has 84 valence electrons. The van der Waals surface area contributed by atoms with Gasteiger partial charge in [0.2, 0.25) is 0 Å². The van der Waals surface area contributed by atoms with Crippen molar-refractivity contribution < 1.29 is 28.1 Å². The first kappa shape index (κ1) is 11.6. The van der Waals surface area contributed by atoms with Crippen LogP contribution in [0.3, 0.4) is 0 Å². The number of phenols is 1. The van der Waals surface area contributed by atoms with E-state index in [1.54, 1.807) is 0 Å². The predicted molar refractivity (Wildman–Crippen MR) is 45.7 cm³/mol. The Bertz CT molecular complexity index is 349. The van der Waals surface area contributed by atoms with Crippen LogP contribution in [-0.4, -0.2) is 23.5 Å². The molecule has 0 heterocycles. The molecule has 1 aromatic rings. The Balaban J connectivity index is 3.02. The lowest BCUT2D eigenvalue weighted by atomic mass is 10.1. The molecule has 0 aliphatic carbocycles. The first-order valence-corrected chi connectivity index (χ1v) is 3.98. The molecule has 0 radical (unpaired) electrons. The maximum atomic E-state index is 12.1. The van der Waals surface area contributed by atoms with Crippen LogP contribution in [0, 0.1) is 0 Å². The van der Waals surface area contributed by atoms with E-state index in [-0.39, 0.29) is 5.75 Å². The van der Waals surface area contributed by atoms with Crippen LogP contribution in [0.2, 0.25) is 0 Å². The van der Waals surface area contributed by atoms with Gasteiger partial charge in [-0.2, -0.15) is 13.2 Å². The van der Waals surface area contributed by atoms with Crippen molar-refractivity contribution in [2.75, 3.05) is 7.11 Å². The molecular weight excluding hydrogens is 213 g/mol. The van der Waals surface area contributed by atoms with Crippen molar-refractivity contribution in [3.63, 3.8) is 0 Å². The fourth-order valence-electron chi connectivity index (χ4n) is 1.07. The number of hydrogen-bond acceptors (Lipinski definition) is 3. The summed E-state index contributed by atoms with van der Waals surface area (Å²) in [4.78, 5) is 0. The van der Waals surface area contributed by atoms with Crippen LogP contribution >= 0.6 is 0 Å². The molecule has 1 aromatic carbocycles. The first-order valence-electron chi connectivity index (χ1n) is 3.98. The summed E-state index contributed by atoms with van der Waals surface area (Å²) >= 11 is 0. The second-order valence-electron chi connectivity index (χ2n) is 2.88. The molecule has 6 heteroatoms. The second kappa shape index (κ2) is 3.98. The van der Waals surface area contributed by atoms with E-state index in [9.17, 15) is 18.3 Å². The summed E-state index contributed by atoms with van der Waals surface area (Å²) in [5.74, 6) is -0.397. The largest absolute Gasteiger partial charge is 0.504 e. The molecule has 1 atom stereocenters. The molecule has 0 fully saturated rings. The van der Waals surface area contributed by atoms with Crippen LogP contribution in [0.5, 0.6) is 11.5 Å². The van der Waals surface area contributed by atoms with Gasteiger partial charge >= 0.3 is 6.18 Å². The number of rotatable bonds is 2. The number of hydrogen-bond donors (Lipinski definition) is 2. The zero-order valence-electron chi connectivity index (χ0n) is 7.75. The molecule has 0 spiro atoms. The topological polar surface area (TPSA) is 49.7 Å². The lowest BCUT2D eigenvalue weighted by Crippen LogP contribution is -2.20. The van der Waals surface area contributed by atoms with Crippen molar-refractivity contribution in [1.82, 2.24) is 0 Å². The SMILES string of the molecule is COc1ccc(C(O)C(F)(F)F)cc1O. The van der Waals surface area contributed by atoms with Gasteiger partial charge in [-0.1, -0.05) is 6.07 Å². The van der Waals surface area contributed by atoms with Gasteiger partial charge in [-0.05, 0) is 17.7 Å². The van der Waals surface area contributed by atoms with Crippen LogP contribution in [-0.2, 0) is 0 Å². The van der Waals surface area contributed by atoms with Gasteiger partial charge < -0.3 is 14.9 Å². The molecule has 0 aromatic heterocycles. The number of aromatic hydroxyl groups is 1. The second-order valence-corrected chi connectivity index (χ2v) is 2.88. The molecule has 1 unspecified atom stereocenters. The number of alkyl halides is 3. The lowest BCUT2D eigenvalue weighted by molar-refractivity contribution is -0.206. The van der Waals surface area contributed by atoms with Crippen LogP contribution < -0.4 is 4.74 Å². The number of aliphatic hydroxyl groups excluding tert-OH is 1. The minimum atomic E-state index is -4.75. The summed E-state index contributed by atoms with van der Waals surface area (Å²) in [5.41, 5.74) is -0.430. The van der Waals surface area contributed by atoms with E-state index < -0.39 is 23.6 Å². The highest BCUT2D eigenvalue weighted by atomic mass is 19.4. The third-order valence-electron chi connectivity index (χ3n) is 1.83. The maximum absolute atomic E-state index is 12.1. The van der Waals surface area contributed by atoms with Gasteiger partial charge in [-0.25, -0.2) is 0 Å². The number of ether oxygens (including phenoxy) is 1. The monoisotopic (exact) mass is 222 g/mol. The predicted octanol–water partition coefficient (Wildman–Crippen LogP) is 2.00. The Morgan fingerprint density at radius 1 is 1.33 bits per heavy atom. The van der Waals surface area contributed by atoms with Crippen molar-refractivity contribution >= 4 is 0 Å². The average Bonchev–Trinajstić information content (AvgIpc) is 2.15. The molecule has 0 amide bonds.